The summed E-state index contributed by atoms with van der Waals surface area (Å²) in [5.74, 6) is 2.69. The highest BCUT2D eigenvalue weighted by Gasteiger charge is 2.31. The Hall–Kier alpha value is -0.0800. The zero-order valence-electron chi connectivity index (χ0n) is 13.5. The summed E-state index contributed by atoms with van der Waals surface area (Å²) in [6.45, 7) is 13.3. The first-order valence-corrected chi connectivity index (χ1v) is 8.59. The van der Waals surface area contributed by atoms with Crippen molar-refractivity contribution in [2.75, 3.05) is 19.6 Å². The summed E-state index contributed by atoms with van der Waals surface area (Å²) < 4.78 is 0. The maximum Gasteiger partial charge on any atom is 0.00956 e. The summed E-state index contributed by atoms with van der Waals surface area (Å²) in [6, 6.07) is 1.59. The van der Waals surface area contributed by atoms with E-state index in [1.807, 2.05) is 0 Å². The minimum atomic E-state index is 0.787. The third-order valence-corrected chi connectivity index (χ3v) is 5.63. The van der Waals surface area contributed by atoms with Gasteiger partial charge in [0.1, 0.15) is 0 Å². The Morgan fingerprint density at radius 2 is 1.95 bits per heavy atom. The third-order valence-electron chi connectivity index (χ3n) is 5.63. The Morgan fingerprint density at radius 1 is 1.16 bits per heavy atom. The molecule has 112 valence electrons. The van der Waals surface area contributed by atoms with Gasteiger partial charge in [-0.25, -0.2) is 0 Å². The van der Waals surface area contributed by atoms with Crippen LogP contribution in [0.5, 0.6) is 0 Å². The Bertz CT molecular complexity index is 266. The number of hydrogen-bond acceptors (Lipinski definition) is 2. The highest BCUT2D eigenvalue weighted by molar-refractivity contribution is 4.86. The molecule has 19 heavy (non-hydrogen) atoms. The average Bonchev–Trinajstić information content (AvgIpc) is 2.80. The fraction of sp³-hybridized carbons (Fsp3) is 1.00. The molecule has 1 saturated carbocycles. The topological polar surface area (TPSA) is 15.3 Å². The van der Waals surface area contributed by atoms with E-state index in [-0.39, 0.29) is 0 Å². The van der Waals surface area contributed by atoms with E-state index < -0.39 is 0 Å². The van der Waals surface area contributed by atoms with Crippen LogP contribution in [0.25, 0.3) is 0 Å². The molecule has 0 aromatic heterocycles. The van der Waals surface area contributed by atoms with Crippen LogP contribution < -0.4 is 5.32 Å². The lowest BCUT2D eigenvalue weighted by Crippen LogP contribution is -2.46. The number of rotatable bonds is 5. The average molecular weight is 266 g/mol. The molecule has 1 aliphatic carbocycles. The van der Waals surface area contributed by atoms with Gasteiger partial charge in [0.05, 0.1) is 0 Å². The Labute approximate surface area is 120 Å². The lowest BCUT2D eigenvalue weighted by molar-refractivity contribution is 0.0731. The summed E-state index contributed by atoms with van der Waals surface area (Å²) in [7, 11) is 0. The number of piperidine rings is 1. The van der Waals surface area contributed by atoms with E-state index in [4.69, 9.17) is 0 Å². The van der Waals surface area contributed by atoms with Gasteiger partial charge in [-0.05, 0) is 63.5 Å². The van der Waals surface area contributed by atoms with Crippen molar-refractivity contribution in [1.82, 2.24) is 10.2 Å². The summed E-state index contributed by atoms with van der Waals surface area (Å²) in [5.41, 5.74) is 0. The molecule has 2 fully saturated rings. The van der Waals surface area contributed by atoms with Crippen molar-refractivity contribution in [3.05, 3.63) is 0 Å². The van der Waals surface area contributed by atoms with Crippen LogP contribution in [-0.4, -0.2) is 36.6 Å². The molecule has 5 atom stereocenters. The summed E-state index contributed by atoms with van der Waals surface area (Å²) >= 11 is 0. The van der Waals surface area contributed by atoms with Crippen molar-refractivity contribution < 1.29 is 0 Å². The molecular formula is C17H34N2. The van der Waals surface area contributed by atoms with E-state index in [0.717, 1.165) is 36.4 Å². The Kier molecular flexibility index (Phi) is 5.70. The number of likely N-dealkylation sites (tertiary alicyclic amines) is 1. The lowest BCUT2D eigenvalue weighted by atomic mass is 9.85. The Balaban J connectivity index is 1.80. The van der Waals surface area contributed by atoms with Crippen LogP contribution in [0.2, 0.25) is 0 Å². The zero-order chi connectivity index (χ0) is 13.8. The maximum absolute atomic E-state index is 3.69. The van der Waals surface area contributed by atoms with Crippen LogP contribution in [0.3, 0.4) is 0 Å². The molecule has 1 heterocycles. The predicted octanol–water partition coefficient (Wildman–Crippen LogP) is 3.52. The van der Waals surface area contributed by atoms with Gasteiger partial charge < -0.3 is 10.2 Å². The van der Waals surface area contributed by atoms with Crippen LogP contribution in [0.4, 0.5) is 0 Å². The molecule has 1 aliphatic heterocycles. The lowest BCUT2D eigenvalue weighted by Gasteiger charge is -2.41. The van der Waals surface area contributed by atoms with Gasteiger partial charge in [0.2, 0.25) is 0 Å². The number of nitrogens with one attached hydrogen (secondary N) is 1. The quantitative estimate of drug-likeness (QED) is 0.819. The minimum Gasteiger partial charge on any atom is -0.314 e. The second-order valence-corrected chi connectivity index (χ2v) is 7.20. The summed E-state index contributed by atoms with van der Waals surface area (Å²) in [6.07, 6.45) is 7.11. The van der Waals surface area contributed by atoms with Gasteiger partial charge in [-0.3, -0.25) is 0 Å². The normalized spacial score (nSPS) is 40.7. The first-order valence-electron chi connectivity index (χ1n) is 8.59. The highest BCUT2D eigenvalue weighted by atomic mass is 15.2. The van der Waals surface area contributed by atoms with Crippen molar-refractivity contribution >= 4 is 0 Å². The number of nitrogens with zero attached hydrogens (tertiary/aromatic N) is 1. The fourth-order valence-corrected chi connectivity index (χ4v) is 4.37. The number of hydrogen-bond donors (Lipinski definition) is 1. The largest absolute Gasteiger partial charge is 0.314 e. The van der Waals surface area contributed by atoms with Gasteiger partial charge in [0.25, 0.3) is 0 Å². The molecule has 0 radical (unpaired) electrons. The first kappa shape index (κ1) is 15.3. The monoisotopic (exact) mass is 266 g/mol. The van der Waals surface area contributed by atoms with Crippen molar-refractivity contribution in [2.24, 2.45) is 17.8 Å². The highest BCUT2D eigenvalue weighted by Crippen LogP contribution is 2.31. The van der Waals surface area contributed by atoms with Crippen LogP contribution in [0, 0.1) is 17.8 Å². The molecule has 2 aliphatic rings. The van der Waals surface area contributed by atoms with E-state index >= 15 is 0 Å². The first-order chi connectivity index (χ1) is 9.11. The van der Waals surface area contributed by atoms with E-state index in [1.54, 1.807) is 0 Å². The van der Waals surface area contributed by atoms with Gasteiger partial charge in [-0.1, -0.05) is 27.2 Å². The molecule has 0 aromatic rings. The van der Waals surface area contributed by atoms with Crippen molar-refractivity contribution in [1.29, 1.82) is 0 Å². The molecule has 1 N–H and O–H groups in total. The van der Waals surface area contributed by atoms with Crippen LogP contribution >= 0.6 is 0 Å². The van der Waals surface area contributed by atoms with Gasteiger partial charge in [0.15, 0.2) is 0 Å². The van der Waals surface area contributed by atoms with Crippen molar-refractivity contribution in [2.45, 2.75) is 71.9 Å². The molecular weight excluding hydrogens is 232 g/mol. The van der Waals surface area contributed by atoms with Crippen LogP contribution in [-0.2, 0) is 0 Å². The molecule has 1 saturated heterocycles. The maximum atomic E-state index is 3.69. The van der Waals surface area contributed by atoms with Gasteiger partial charge in [0, 0.05) is 18.6 Å². The predicted molar refractivity (Wildman–Crippen MR) is 83.4 cm³/mol. The summed E-state index contributed by atoms with van der Waals surface area (Å²) in [5, 5.41) is 3.69. The van der Waals surface area contributed by atoms with E-state index in [9.17, 15) is 0 Å². The minimum absolute atomic E-state index is 0.787. The summed E-state index contributed by atoms with van der Waals surface area (Å²) in [4.78, 5) is 2.76. The molecule has 0 amide bonds. The van der Waals surface area contributed by atoms with E-state index in [0.29, 0.717) is 0 Å². The van der Waals surface area contributed by atoms with Crippen LogP contribution in [0.1, 0.15) is 59.8 Å². The SMILES string of the molecule is CCNC1CCCC1CCN1CC(C)CC(C)C1C. The Morgan fingerprint density at radius 3 is 2.68 bits per heavy atom. The van der Waals surface area contributed by atoms with Crippen LogP contribution in [0.15, 0.2) is 0 Å². The van der Waals surface area contributed by atoms with Crippen molar-refractivity contribution in [3.63, 3.8) is 0 Å². The van der Waals surface area contributed by atoms with Gasteiger partial charge in [-0.15, -0.1) is 0 Å². The van der Waals surface area contributed by atoms with Gasteiger partial charge in [-0.2, -0.15) is 0 Å². The van der Waals surface area contributed by atoms with Gasteiger partial charge >= 0.3 is 0 Å². The molecule has 2 rings (SSSR count). The second kappa shape index (κ2) is 7.08. The molecule has 2 heteroatoms. The molecule has 5 unspecified atom stereocenters. The molecule has 0 spiro atoms. The second-order valence-electron chi connectivity index (χ2n) is 7.20. The smallest absolute Gasteiger partial charge is 0.00956 e. The zero-order valence-corrected chi connectivity index (χ0v) is 13.5. The van der Waals surface area contributed by atoms with E-state index in [2.05, 4.69) is 37.9 Å². The third kappa shape index (κ3) is 3.95. The molecule has 0 aromatic carbocycles. The fourth-order valence-electron chi connectivity index (χ4n) is 4.37. The standard InChI is InChI=1S/C17H34N2/c1-5-18-17-8-6-7-16(17)9-10-19-12-13(2)11-14(3)15(19)4/h13-18H,5-12H2,1-4H3. The molecule has 0 bridgehead atoms. The van der Waals surface area contributed by atoms with Crippen molar-refractivity contribution in [3.8, 4) is 0 Å². The van der Waals surface area contributed by atoms with E-state index in [1.165, 1.54) is 45.2 Å². The molecule has 2 nitrogen and oxygen atoms in total.